The summed E-state index contributed by atoms with van der Waals surface area (Å²) < 4.78 is 16.2. The molecule has 0 aliphatic rings. The molecule has 0 unspecified atom stereocenters. The first-order valence-electron chi connectivity index (χ1n) is 10.3. The van der Waals surface area contributed by atoms with E-state index in [1.807, 2.05) is 0 Å². The van der Waals surface area contributed by atoms with E-state index < -0.39 is 0 Å². The molecule has 26 heavy (non-hydrogen) atoms. The van der Waals surface area contributed by atoms with Gasteiger partial charge in [0.05, 0.1) is 0 Å². The maximum Gasteiger partial charge on any atom is 0.0478 e. The van der Waals surface area contributed by atoms with Gasteiger partial charge in [0.2, 0.25) is 0 Å². The summed E-state index contributed by atoms with van der Waals surface area (Å²) in [5, 5.41) is 18.7. The van der Waals surface area contributed by atoms with E-state index in [1.54, 1.807) is 7.11 Å². The largest absolute Gasteiger partial charge is 0.396 e. The summed E-state index contributed by atoms with van der Waals surface area (Å²) in [6.45, 7) is 10.3. The lowest BCUT2D eigenvalue weighted by Crippen LogP contribution is -2.21. The minimum Gasteiger partial charge on any atom is -0.396 e. The van der Waals surface area contributed by atoms with E-state index in [0.717, 1.165) is 111 Å². The van der Waals surface area contributed by atoms with E-state index in [1.165, 1.54) is 0 Å². The summed E-state index contributed by atoms with van der Waals surface area (Å²) in [5.74, 6) is 0. The second kappa shape index (κ2) is 24.7. The van der Waals surface area contributed by atoms with Crippen molar-refractivity contribution in [1.29, 1.82) is 0 Å². The normalized spacial score (nSPS) is 11.3. The zero-order valence-corrected chi connectivity index (χ0v) is 16.9. The highest BCUT2D eigenvalue weighted by Gasteiger charge is 1.93. The highest BCUT2D eigenvalue weighted by molar-refractivity contribution is 4.51. The lowest BCUT2D eigenvalue weighted by atomic mass is 10.4. The van der Waals surface area contributed by atoms with Crippen molar-refractivity contribution in [2.24, 2.45) is 0 Å². The monoisotopic (exact) mass is 377 g/mol. The first-order chi connectivity index (χ1) is 12.9. The van der Waals surface area contributed by atoms with Crippen LogP contribution in [-0.4, -0.2) is 91.1 Å². The molecule has 0 radical (unpaired) electrons. The van der Waals surface area contributed by atoms with Crippen LogP contribution in [0.25, 0.3) is 0 Å². The molecule has 0 aliphatic heterocycles. The SMILES string of the molecule is COCCCNCCCOCCCNCCCOCCCNCCCO. The van der Waals surface area contributed by atoms with Crippen molar-refractivity contribution in [2.45, 2.75) is 38.5 Å². The summed E-state index contributed by atoms with van der Waals surface area (Å²) in [4.78, 5) is 0. The van der Waals surface area contributed by atoms with E-state index in [2.05, 4.69) is 16.0 Å². The van der Waals surface area contributed by atoms with Gasteiger partial charge in [0, 0.05) is 46.8 Å². The quantitative estimate of drug-likeness (QED) is 0.196. The number of hydrogen-bond acceptors (Lipinski definition) is 7. The molecule has 0 aromatic rings. The number of methoxy groups -OCH3 is 1. The summed E-state index contributed by atoms with van der Waals surface area (Å²) in [6.07, 6.45) is 6.09. The Hall–Kier alpha value is -0.280. The number of ether oxygens (including phenoxy) is 3. The molecule has 0 aromatic heterocycles. The van der Waals surface area contributed by atoms with E-state index >= 15 is 0 Å². The summed E-state index contributed by atoms with van der Waals surface area (Å²) in [7, 11) is 1.74. The third kappa shape index (κ3) is 23.7. The Balaban J connectivity index is 2.95. The molecule has 158 valence electrons. The minimum absolute atomic E-state index is 0.260. The average Bonchev–Trinajstić information content (AvgIpc) is 2.66. The van der Waals surface area contributed by atoms with Gasteiger partial charge in [0.25, 0.3) is 0 Å². The van der Waals surface area contributed by atoms with Gasteiger partial charge in [-0.1, -0.05) is 0 Å². The van der Waals surface area contributed by atoms with Gasteiger partial charge in [-0.3, -0.25) is 0 Å². The van der Waals surface area contributed by atoms with E-state index in [9.17, 15) is 0 Å². The lowest BCUT2D eigenvalue weighted by Gasteiger charge is -2.08. The van der Waals surface area contributed by atoms with Gasteiger partial charge in [0.15, 0.2) is 0 Å². The van der Waals surface area contributed by atoms with Crippen LogP contribution in [0, 0.1) is 0 Å². The maximum absolute atomic E-state index is 8.65. The molecule has 0 saturated carbocycles. The maximum atomic E-state index is 8.65. The molecule has 0 heterocycles. The summed E-state index contributed by atoms with van der Waals surface area (Å²) in [5.41, 5.74) is 0. The van der Waals surface area contributed by atoms with Crippen LogP contribution in [0.4, 0.5) is 0 Å². The van der Waals surface area contributed by atoms with Crippen molar-refractivity contribution in [3.8, 4) is 0 Å². The Labute approximate surface area is 160 Å². The second-order valence-electron chi connectivity index (χ2n) is 6.31. The van der Waals surface area contributed by atoms with E-state index in [0.29, 0.717) is 0 Å². The predicted octanol–water partition coefficient (Wildman–Crippen LogP) is 0.768. The van der Waals surface area contributed by atoms with Crippen LogP contribution >= 0.6 is 0 Å². The van der Waals surface area contributed by atoms with Gasteiger partial charge in [-0.15, -0.1) is 0 Å². The van der Waals surface area contributed by atoms with Crippen molar-refractivity contribution in [3.63, 3.8) is 0 Å². The topological polar surface area (TPSA) is 84.0 Å². The molecule has 0 fully saturated rings. The fourth-order valence-electron chi connectivity index (χ4n) is 2.32. The van der Waals surface area contributed by atoms with Crippen molar-refractivity contribution in [3.05, 3.63) is 0 Å². The zero-order valence-electron chi connectivity index (χ0n) is 16.9. The molecule has 0 bridgehead atoms. The van der Waals surface area contributed by atoms with E-state index in [4.69, 9.17) is 19.3 Å². The fourth-order valence-corrected chi connectivity index (χ4v) is 2.32. The third-order valence-corrected chi connectivity index (χ3v) is 3.78. The Morgan fingerprint density at radius 3 is 1.23 bits per heavy atom. The minimum atomic E-state index is 0.260. The molecular weight excluding hydrogens is 334 g/mol. The Kier molecular flexibility index (Phi) is 24.5. The Bertz CT molecular complexity index is 225. The smallest absolute Gasteiger partial charge is 0.0478 e. The predicted molar refractivity (Wildman–Crippen MR) is 107 cm³/mol. The number of aliphatic hydroxyl groups excluding tert-OH is 1. The van der Waals surface area contributed by atoms with Gasteiger partial charge >= 0.3 is 0 Å². The molecular formula is C19H43N3O4. The van der Waals surface area contributed by atoms with Crippen LogP contribution in [0.1, 0.15) is 38.5 Å². The van der Waals surface area contributed by atoms with Gasteiger partial charge in [-0.2, -0.15) is 0 Å². The molecule has 7 heteroatoms. The highest BCUT2D eigenvalue weighted by atomic mass is 16.5. The van der Waals surface area contributed by atoms with Crippen LogP contribution in [0.3, 0.4) is 0 Å². The summed E-state index contributed by atoms with van der Waals surface area (Å²) in [6, 6.07) is 0. The van der Waals surface area contributed by atoms with Gasteiger partial charge in [-0.25, -0.2) is 0 Å². The van der Waals surface area contributed by atoms with Gasteiger partial charge < -0.3 is 35.3 Å². The molecule has 4 N–H and O–H groups in total. The van der Waals surface area contributed by atoms with E-state index in [-0.39, 0.29) is 6.61 Å². The molecule has 0 aromatic carbocycles. The number of nitrogens with one attached hydrogen (secondary N) is 3. The van der Waals surface area contributed by atoms with Crippen LogP contribution in [0.2, 0.25) is 0 Å². The third-order valence-electron chi connectivity index (χ3n) is 3.78. The van der Waals surface area contributed by atoms with Crippen molar-refractivity contribution >= 4 is 0 Å². The average molecular weight is 378 g/mol. The standard InChI is InChI=1S/C19H43N3O4/c1-24-15-3-9-21-11-5-17-26-19-7-13-22-12-6-18-25-16-4-10-20-8-2-14-23/h20-23H,2-19H2,1H3. The molecule has 0 rings (SSSR count). The molecule has 0 atom stereocenters. The van der Waals surface area contributed by atoms with Crippen LogP contribution < -0.4 is 16.0 Å². The van der Waals surface area contributed by atoms with Gasteiger partial charge in [0.1, 0.15) is 0 Å². The number of hydrogen-bond donors (Lipinski definition) is 4. The number of aliphatic hydroxyl groups is 1. The molecule has 7 nitrogen and oxygen atoms in total. The van der Waals surface area contributed by atoms with Crippen LogP contribution in [0.15, 0.2) is 0 Å². The lowest BCUT2D eigenvalue weighted by molar-refractivity contribution is 0.124. The molecule has 0 aliphatic carbocycles. The first kappa shape index (κ1) is 25.7. The van der Waals surface area contributed by atoms with Crippen molar-refractivity contribution < 1.29 is 19.3 Å². The molecule has 0 saturated heterocycles. The Morgan fingerprint density at radius 2 is 0.885 bits per heavy atom. The first-order valence-corrected chi connectivity index (χ1v) is 10.3. The number of rotatable bonds is 23. The second-order valence-corrected chi connectivity index (χ2v) is 6.31. The summed E-state index contributed by atoms with van der Waals surface area (Å²) >= 11 is 0. The van der Waals surface area contributed by atoms with Crippen molar-refractivity contribution in [1.82, 2.24) is 16.0 Å². The van der Waals surface area contributed by atoms with Crippen molar-refractivity contribution in [2.75, 3.05) is 86.0 Å². The van der Waals surface area contributed by atoms with Crippen LogP contribution in [0.5, 0.6) is 0 Å². The van der Waals surface area contributed by atoms with Crippen LogP contribution in [-0.2, 0) is 14.2 Å². The fraction of sp³-hybridized carbons (Fsp3) is 1.00. The molecule has 0 amide bonds. The zero-order chi connectivity index (χ0) is 19.0. The highest BCUT2D eigenvalue weighted by Crippen LogP contribution is 1.88. The van der Waals surface area contributed by atoms with Gasteiger partial charge in [-0.05, 0) is 77.8 Å². The molecule has 0 spiro atoms. The Morgan fingerprint density at radius 1 is 0.538 bits per heavy atom.